The van der Waals surface area contributed by atoms with E-state index >= 15 is 0 Å². The molecule has 0 aromatic heterocycles. The van der Waals surface area contributed by atoms with Crippen LogP contribution in [-0.4, -0.2) is 44.0 Å². The van der Waals surface area contributed by atoms with Crippen molar-refractivity contribution in [1.29, 1.82) is 5.26 Å². The van der Waals surface area contributed by atoms with E-state index in [0.29, 0.717) is 19.0 Å². The van der Waals surface area contributed by atoms with Gasteiger partial charge in [0.1, 0.15) is 0 Å². The van der Waals surface area contributed by atoms with Crippen LogP contribution >= 0.6 is 0 Å². The first kappa shape index (κ1) is 15.8. The first-order valence-electron chi connectivity index (χ1n) is 7.57. The minimum absolute atomic E-state index is 0.0643. The molecule has 0 spiro atoms. The third-order valence-electron chi connectivity index (χ3n) is 5.06. The number of rotatable bonds is 1. The standard InChI is InChI=1S/C15H26N2O2S/c1-15(2,3)13-5-4-12(11-16)14(10-13)17-6-8-20(18,19)9-7-17/h12-14H,4-10H2,1-3H3. The second kappa shape index (κ2) is 5.65. The Kier molecular flexibility index (Phi) is 4.46. The van der Waals surface area contributed by atoms with Crippen LogP contribution in [0.1, 0.15) is 40.0 Å². The molecule has 2 rings (SSSR count). The molecule has 2 fully saturated rings. The van der Waals surface area contributed by atoms with E-state index < -0.39 is 9.84 Å². The number of sulfone groups is 1. The summed E-state index contributed by atoms with van der Waals surface area (Å²) in [6.07, 6.45) is 3.10. The monoisotopic (exact) mass is 298 g/mol. The fourth-order valence-corrected chi connectivity index (χ4v) is 4.78. The Hall–Kier alpha value is -0.600. The highest BCUT2D eigenvalue weighted by molar-refractivity contribution is 7.91. The molecule has 1 aliphatic carbocycles. The fourth-order valence-electron chi connectivity index (χ4n) is 3.55. The molecule has 1 saturated heterocycles. The Morgan fingerprint density at radius 1 is 1.15 bits per heavy atom. The maximum absolute atomic E-state index is 11.6. The molecule has 3 atom stereocenters. The Morgan fingerprint density at radius 2 is 1.75 bits per heavy atom. The van der Waals surface area contributed by atoms with Crippen molar-refractivity contribution in [3.63, 3.8) is 0 Å². The van der Waals surface area contributed by atoms with Crippen LogP contribution in [-0.2, 0) is 9.84 Å². The van der Waals surface area contributed by atoms with Gasteiger partial charge in [0.2, 0.25) is 0 Å². The lowest BCUT2D eigenvalue weighted by Gasteiger charge is -2.45. The summed E-state index contributed by atoms with van der Waals surface area (Å²) < 4.78 is 23.1. The summed E-state index contributed by atoms with van der Waals surface area (Å²) >= 11 is 0. The highest BCUT2D eigenvalue weighted by Crippen LogP contribution is 2.41. The SMILES string of the molecule is CC(C)(C)C1CCC(C#N)C(N2CCS(=O)(=O)CC2)C1. The van der Waals surface area contributed by atoms with E-state index in [9.17, 15) is 13.7 Å². The topological polar surface area (TPSA) is 61.2 Å². The first-order valence-corrected chi connectivity index (χ1v) is 9.39. The van der Waals surface area contributed by atoms with Gasteiger partial charge in [0.15, 0.2) is 9.84 Å². The molecule has 1 aliphatic heterocycles. The molecule has 4 nitrogen and oxygen atoms in total. The number of nitriles is 1. The average molecular weight is 298 g/mol. The van der Waals surface area contributed by atoms with Gasteiger partial charge in [-0.1, -0.05) is 20.8 Å². The van der Waals surface area contributed by atoms with Crippen LogP contribution in [0.15, 0.2) is 0 Å². The third kappa shape index (κ3) is 3.53. The van der Waals surface area contributed by atoms with Gasteiger partial charge in [-0.2, -0.15) is 5.26 Å². The summed E-state index contributed by atoms with van der Waals surface area (Å²) in [7, 11) is -2.85. The van der Waals surface area contributed by atoms with Crippen LogP contribution in [0.25, 0.3) is 0 Å². The van der Waals surface area contributed by atoms with Crippen molar-refractivity contribution in [2.24, 2.45) is 17.3 Å². The molecule has 1 saturated carbocycles. The molecule has 2 aliphatic rings. The maximum atomic E-state index is 11.6. The molecular weight excluding hydrogens is 272 g/mol. The third-order valence-corrected chi connectivity index (χ3v) is 6.66. The summed E-state index contributed by atoms with van der Waals surface area (Å²) in [6, 6.07) is 2.70. The second-order valence-corrected chi connectivity index (χ2v) is 9.67. The van der Waals surface area contributed by atoms with Crippen LogP contribution < -0.4 is 0 Å². The predicted molar refractivity (Wildman–Crippen MR) is 79.9 cm³/mol. The molecule has 0 aromatic carbocycles. The molecule has 20 heavy (non-hydrogen) atoms. The zero-order valence-corrected chi connectivity index (χ0v) is 13.6. The van der Waals surface area contributed by atoms with E-state index in [4.69, 9.17) is 0 Å². The van der Waals surface area contributed by atoms with Crippen molar-refractivity contribution < 1.29 is 8.42 Å². The summed E-state index contributed by atoms with van der Waals surface area (Å²) in [6.45, 7) is 8.00. The normalized spacial score (nSPS) is 35.4. The number of nitrogens with zero attached hydrogens (tertiary/aromatic N) is 2. The van der Waals surface area contributed by atoms with Gasteiger partial charge in [-0.15, -0.1) is 0 Å². The van der Waals surface area contributed by atoms with Crippen molar-refractivity contribution in [2.45, 2.75) is 46.1 Å². The summed E-state index contributed by atoms with van der Waals surface area (Å²) in [5.74, 6) is 1.19. The summed E-state index contributed by atoms with van der Waals surface area (Å²) in [5, 5.41) is 9.39. The molecule has 3 unspecified atom stereocenters. The Bertz CT molecular complexity index is 473. The van der Waals surface area contributed by atoms with E-state index in [0.717, 1.165) is 19.3 Å². The average Bonchev–Trinajstić information content (AvgIpc) is 2.37. The van der Waals surface area contributed by atoms with E-state index in [1.807, 2.05) is 0 Å². The van der Waals surface area contributed by atoms with Gasteiger partial charge in [-0.3, -0.25) is 4.90 Å². The maximum Gasteiger partial charge on any atom is 0.152 e. The van der Waals surface area contributed by atoms with Gasteiger partial charge in [-0.05, 0) is 30.6 Å². The Balaban J connectivity index is 2.09. The summed E-state index contributed by atoms with van der Waals surface area (Å²) in [5.41, 5.74) is 0.264. The van der Waals surface area contributed by atoms with Crippen molar-refractivity contribution in [2.75, 3.05) is 24.6 Å². The Morgan fingerprint density at radius 3 is 2.25 bits per heavy atom. The quantitative estimate of drug-likeness (QED) is 0.743. The molecule has 0 radical (unpaired) electrons. The Labute approximate surface area is 123 Å². The number of hydrogen-bond acceptors (Lipinski definition) is 4. The molecule has 0 amide bonds. The lowest BCUT2D eigenvalue weighted by atomic mass is 9.68. The van der Waals surface area contributed by atoms with Crippen molar-refractivity contribution >= 4 is 9.84 Å². The van der Waals surface area contributed by atoms with Gasteiger partial charge in [0.05, 0.1) is 23.5 Å². The molecule has 5 heteroatoms. The zero-order chi connectivity index (χ0) is 15.0. The second-order valence-electron chi connectivity index (χ2n) is 7.37. The lowest BCUT2D eigenvalue weighted by Crippen LogP contribution is -2.51. The molecule has 0 bridgehead atoms. The van der Waals surface area contributed by atoms with Crippen LogP contribution in [0.4, 0.5) is 0 Å². The fraction of sp³-hybridized carbons (Fsp3) is 0.933. The van der Waals surface area contributed by atoms with E-state index in [2.05, 4.69) is 31.7 Å². The van der Waals surface area contributed by atoms with Crippen molar-refractivity contribution in [1.82, 2.24) is 4.90 Å². The molecular formula is C15H26N2O2S. The molecule has 114 valence electrons. The molecule has 0 aromatic rings. The molecule has 1 heterocycles. The van der Waals surface area contributed by atoms with Gasteiger partial charge in [-0.25, -0.2) is 8.42 Å². The van der Waals surface area contributed by atoms with Crippen LogP contribution in [0.2, 0.25) is 0 Å². The van der Waals surface area contributed by atoms with Gasteiger partial charge in [0, 0.05) is 19.1 Å². The van der Waals surface area contributed by atoms with Gasteiger partial charge < -0.3 is 0 Å². The highest BCUT2D eigenvalue weighted by Gasteiger charge is 2.40. The van der Waals surface area contributed by atoms with E-state index in [-0.39, 0.29) is 28.9 Å². The lowest BCUT2D eigenvalue weighted by molar-refractivity contribution is 0.0652. The highest BCUT2D eigenvalue weighted by atomic mass is 32.2. The van der Waals surface area contributed by atoms with Gasteiger partial charge in [0.25, 0.3) is 0 Å². The predicted octanol–water partition coefficient (Wildman–Crippen LogP) is 2.07. The number of hydrogen-bond donors (Lipinski definition) is 0. The van der Waals surface area contributed by atoms with Crippen LogP contribution in [0, 0.1) is 28.6 Å². The largest absolute Gasteiger partial charge is 0.297 e. The van der Waals surface area contributed by atoms with Crippen molar-refractivity contribution in [3.05, 3.63) is 0 Å². The van der Waals surface area contributed by atoms with E-state index in [1.165, 1.54) is 0 Å². The molecule has 0 N–H and O–H groups in total. The minimum Gasteiger partial charge on any atom is -0.297 e. The zero-order valence-electron chi connectivity index (χ0n) is 12.8. The first-order chi connectivity index (χ1) is 9.23. The smallest absolute Gasteiger partial charge is 0.152 e. The summed E-state index contributed by atoms with van der Waals surface area (Å²) in [4.78, 5) is 2.26. The van der Waals surface area contributed by atoms with E-state index in [1.54, 1.807) is 0 Å². The minimum atomic E-state index is -2.85. The van der Waals surface area contributed by atoms with Gasteiger partial charge >= 0.3 is 0 Å². The van der Waals surface area contributed by atoms with Crippen LogP contribution in [0.3, 0.4) is 0 Å². The van der Waals surface area contributed by atoms with Crippen LogP contribution in [0.5, 0.6) is 0 Å². The van der Waals surface area contributed by atoms with Crippen molar-refractivity contribution in [3.8, 4) is 6.07 Å².